The molecule has 1 atom stereocenters. The van der Waals surface area contributed by atoms with Gasteiger partial charge in [0.25, 0.3) is 5.91 Å². The molecule has 40 heavy (non-hydrogen) atoms. The van der Waals surface area contributed by atoms with Crippen LogP contribution in [0.25, 0.3) is 0 Å². The van der Waals surface area contributed by atoms with Crippen LogP contribution in [0.15, 0.2) is 58.7 Å². The van der Waals surface area contributed by atoms with Crippen molar-refractivity contribution in [2.75, 3.05) is 37.7 Å². The Labute approximate surface area is 240 Å². The topological polar surface area (TPSA) is 136 Å². The van der Waals surface area contributed by atoms with Crippen LogP contribution in [0.3, 0.4) is 0 Å². The van der Waals surface area contributed by atoms with Gasteiger partial charge in [0.15, 0.2) is 16.7 Å². The second kappa shape index (κ2) is 13.3. The third kappa shape index (κ3) is 6.72. The number of amidine groups is 1. The highest BCUT2D eigenvalue weighted by Gasteiger charge is 2.31. The van der Waals surface area contributed by atoms with Crippen molar-refractivity contribution in [1.82, 2.24) is 15.5 Å². The summed E-state index contributed by atoms with van der Waals surface area (Å²) in [4.78, 5) is 31.0. The lowest BCUT2D eigenvalue weighted by Gasteiger charge is -2.27. The zero-order chi connectivity index (χ0) is 28.6. The van der Waals surface area contributed by atoms with Gasteiger partial charge in [0.05, 0.1) is 32.7 Å². The van der Waals surface area contributed by atoms with Crippen LogP contribution < -0.4 is 30.2 Å². The van der Waals surface area contributed by atoms with Gasteiger partial charge in [-0.2, -0.15) is 0 Å². The molecule has 2 amide bonds. The molecule has 3 N–H and O–H groups in total. The van der Waals surface area contributed by atoms with Crippen molar-refractivity contribution in [2.45, 2.75) is 26.3 Å². The normalized spacial score (nSPS) is 14.6. The summed E-state index contributed by atoms with van der Waals surface area (Å²) in [5.74, 6) is 0.812. The molecule has 2 heterocycles. The molecule has 0 saturated carbocycles. The first kappa shape index (κ1) is 28.9. The summed E-state index contributed by atoms with van der Waals surface area (Å²) >= 11 is 2.55. The Morgan fingerprint density at radius 3 is 2.33 bits per heavy atom. The van der Waals surface area contributed by atoms with Crippen LogP contribution in [-0.2, 0) is 16.0 Å². The number of para-hydroxylation sites is 1. The molecule has 13 heteroatoms. The number of aliphatic imine (C=N–C) groups is 1. The number of aryl methyl sites for hydroxylation is 1. The number of allylic oxidation sites excluding steroid dienone is 1. The number of hydrogen-bond acceptors (Lipinski definition) is 11. The summed E-state index contributed by atoms with van der Waals surface area (Å²) in [7, 11) is 4.58. The Kier molecular flexibility index (Phi) is 9.61. The lowest BCUT2D eigenvalue weighted by Crippen LogP contribution is -2.32. The number of carbonyl (C=O) groups excluding carboxylic acids is 2. The van der Waals surface area contributed by atoms with Crippen LogP contribution in [0, 0.1) is 0 Å². The second-order valence-electron chi connectivity index (χ2n) is 8.47. The molecule has 3 aromatic rings. The zero-order valence-electron chi connectivity index (χ0n) is 22.7. The van der Waals surface area contributed by atoms with E-state index in [-0.39, 0.29) is 17.6 Å². The Balaban J connectivity index is 1.63. The second-order valence-corrected chi connectivity index (χ2v) is 10.5. The summed E-state index contributed by atoms with van der Waals surface area (Å²) in [6, 6.07) is 12.0. The number of aromatic nitrogens is 2. The van der Waals surface area contributed by atoms with E-state index in [1.807, 2.05) is 37.3 Å². The minimum absolute atomic E-state index is 0.0771. The molecule has 1 aliphatic heterocycles. The molecule has 11 nitrogen and oxygen atoms in total. The number of methoxy groups -OCH3 is 3. The van der Waals surface area contributed by atoms with E-state index in [0.717, 1.165) is 11.4 Å². The predicted molar refractivity (Wildman–Crippen MR) is 158 cm³/mol. The number of nitrogens with one attached hydrogen (secondary N) is 3. The minimum atomic E-state index is -0.723. The van der Waals surface area contributed by atoms with Gasteiger partial charge in [-0.25, -0.2) is 4.99 Å². The largest absolute Gasteiger partial charge is 0.493 e. The van der Waals surface area contributed by atoms with Gasteiger partial charge in [-0.15, -0.1) is 10.2 Å². The average Bonchev–Trinajstić information content (AvgIpc) is 3.42. The van der Waals surface area contributed by atoms with Gasteiger partial charge in [0.1, 0.15) is 11.0 Å². The van der Waals surface area contributed by atoms with Crippen molar-refractivity contribution in [2.24, 2.45) is 4.99 Å². The summed E-state index contributed by atoms with van der Waals surface area (Å²) in [5, 5.41) is 18.7. The van der Waals surface area contributed by atoms with Gasteiger partial charge >= 0.3 is 0 Å². The maximum absolute atomic E-state index is 13.5. The lowest BCUT2D eigenvalue weighted by atomic mass is 9.95. The molecule has 0 radical (unpaired) electrons. The van der Waals surface area contributed by atoms with E-state index in [9.17, 15) is 9.59 Å². The van der Waals surface area contributed by atoms with Crippen molar-refractivity contribution >= 4 is 50.9 Å². The molecular weight excluding hydrogens is 552 g/mol. The minimum Gasteiger partial charge on any atom is -0.493 e. The monoisotopic (exact) mass is 582 g/mol. The fourth-order valence-electron chi connectivity index (χ4n) is 3.97. The van der Waals surface area contributed by atoms with Crippen LogP contribution in [0.2, 0.25) is 0 Å². The maximum atomic E-state index is 13.5. The molecule has 210 valence electrons. The first-order valence-electron chi connectivity index (χ1n) is 12.3. The molecule has 0 spiro atoms. The molecular formula is C27H30N6O5S2. The number of hydrogen-bond donors (Lipinski definition) is 3. The molecule has 0 unspecified atom stereocenters. The molecule has 1 aromatic heterocycles. The SMILES string of the molecule is CCc1nnc(NC(=O)CSC2=N[C@H](c3cc(OC)c(OC)c(OC)c3)C(C(=O)Nc3ccccc3)=C(C)N2)s1. The number of rotatable bonds is 10. The molecule has 0 bridgehead atoms. The van der Waals surface area contributed by atoms with Crippen molar-refractivity contribution < 1.29 is 23.8 Å². The molecule has 0 fully saturated rings. The quantitative estimate of drug-likeness (QED) is 0.318. The highest BCUT2D eigenvalue weighted by Crippen LogP contribution is 2.43. The predicted octanol–water partition coefficient (Wildman–Crippen LogP) is 4.41. The number of nitrogens with zero attached hydrogens (tertiary/aromatic N) is 3. The van der Waals surface area contributed by atoms with Gasteiger partial charge in [0, 0.05) is 11.4 Å². The number of carbonyl (C=O) groups is 2. The van der Waals surface area contributed by atoms with Crippen LogP contribution in [0.5, 0.6) is 17.2 Å². The van der Waals surface area contributed by atoms with E-state index < -0.39 is 6.04 Å². The molecule has 0 saturated heterocycles. The van der Waals surface area contributed by atoms with E-state index in [2.05, 4.69) is 26.1 Å². The lowest BCUT2D eigenvalue weighted by molar-refractivity contribution is -0.114. The first-order chi connectivity index (χ1) is 19.4. The Bertz CT molecular complexity index is 1420. The summed E-state index contributed by atoms with van der Waals surface area (Å²) in [6.07, 6.45) is 0.747. The Morgan fingerprint density at radius 2 is 1.73 bits per heavy atom. The van der Waals surface area contributed by atoms with E-state index >= 15 is 0 Å². The van der Waals surface area contributed by atoms with Crippen LogP contribution in [0.1, 0.15) is 30.5 Å². The van der Waals surface area contributed by atoms with Crippen LogP contribution in [-0.4, -0.2) is 54.3 Å². The fourth-order valence-corrected chi connectivity index (χ4v) is 5.41. The number of thioether (sulfide) groups is 1. The summed E-state index contributed by atoms with van der Waals surface area (Å²) in [6.45, 7) is 3.78. The highest BCUT2D eigenvalue weighted by molar-refractivity contribution is 8.14. The number of amides is 2. The number of benzene rings is 2. The van der Waals surface area contributed by atoms with E-state index in [0.29, 0.717) is 50.1 Å². The molecule has 0 aliphatic carbocycles. The third-order valence-electron chi connectivity index (χ3n) is 5.85. The average molecular weight is 583 g/mol. The number of anilines is 2. The fraction of sp³-hybridized carbons (Fsp3) is 0.296. The van der Waals surface area contributed by atoms with Crippen LogP contribution in [0.4, 0.5) is 10.8 Å². The van der Waals surface area contributed by atoms with Crippen molar-refractivity contribution in [3.8, 4) is 17.2 Å². The maximum Gasteiger partial charge on any atom is 0.255 e. The van der Waals surface area contributed by atoms with Crippen molar-refractivity contribution in [3.63, 3.8) is 0 Å². The van der Waals surface area contributed by atoms with Crippen molar-refractivity contribution in [3.05, 3.63) is 64.3 Å². The van der Waals surface area contributed by atoms with Gasteiger partial charge in [0.2, 0.25) is 16.8 Å². The van der Waals surface area contributed by atoms with Gasteiger partial charge in [-0.1, -0.05) is 48.2 Å². The Hall–Kier alpha value is -4.10. The summed E-state index contributed by atoms with van der Waals surface area (Å²) < 4.78 is 16.6. The summed E-state index contributed by atoms with van der Waals surface area (Å²) in [5.41, 5.74) is 2.31. The van der Waals surface area contributed by atoms with Gasteiger partial charge in [-0.3, -0.25) is 14.9 Å². The number of ether oxygens (including phenoxy) is 3. The Morgan fingerprint density at radius 1 is 1.02 bits per heavy atom. The van der Waals surface area contributed by atoms with Gasteiger partial charge < -0.3 is 24.8 Å². The molecule has 4 rings (SSSR count). The zero-order valence-corrected chi connectivity index (χ0v) is 24.4. The smallest absolute Gasteiger partial charge is 0.255 e. The van der Waals surface area contributed by atoms with Crippen LogP contribution >= 0.6 is 23.1 Å². The standard InChI is InChI=1S/C27H30N6O5S2/c1-6-21-32-33-27(40-21)30-20(34)14-39-26-28-15(2)22(25(35)29-17-10-8-7-9-11-17)23(31-26)16-12-18(36-3)24(38-5)19(13-16)37-4/h7-13,23H,6,14H2,1-5H3,(H,28,31)(H,29,35)(H,30,33,34)/t23-/m1/s1. The molecule has 1 aliphatic rings. The van der Waals surface area contributed by atoms with Crippen molar-refractivity contribution in [1.29, 1.82) is 0 Å². The van der Waals surface area contributed by atoms with E-state index in [1.165, 1.54) is 44.4 Å². The first-order valence-corrected chi connectivity index (χ1v) is 14.1. The van der Waals surface area contributed by atoms with E-state index in [4.69, 9.17) is 19.2 Å². The van der Waals surface area contributed by atoms with E-state index in [1.54, 1.807) is 19.1 Å². The van der Waals surface area contributed by atoms with Gasteiger partial charge in [-0.05, 0) is 43.2 Å². The highest BCUT2D eigenvalue weighted by atomic mass is 32.2. The molecule has 2 aromatic carbocycles. The third-order valence-corrected chi connectivity index (χ3v) is 7.72.